The molecule has 0 radical (unpaired) electrons. The van der Waals surface area contributed by atoms with Crippen molar-refractivity contribution in [3.63, 3.8) is 0 Å². The number of piperidine rings is 1. The Hall–Kier alpha value is -3.97. The summed E-state index contributed by atoms with van der Waals surface area (Å²) in [6.07, 6.45) is 3.97. The molecule has 3 fully saturated rings. The summed E-state index contributed by atoms with van der Waals surface area (Å²) >= 11 is 0. The number of hydrogen-bond donors (Lipinski definition) is 3. The van der Waals surface area contributed by atoms with Gasteiger partial charge in [-0.05, 0) is 65.4 Å². The minimum atomic E-state index is -0.658. The van der Waals surface area contributed by atoms with Gasteiger partial charge in [0, 0.05) is 49.6 Å². The molecule has 2 aliphatic heterocycles. The summed E-state index contributed by atoms with van der Waals surface area (Å²) in [4.78, 5) is 54.1. The fourth-order valence-corrected chi connectivity index (χ4v) is 7.12. The Morgan fingerprint density at radius 3 is 2.36 bits per heavy atom. The predicted octanol–water partition coefficient (Wildman–Crippen LogP) is 3.54. The van der Waals surface area contributed by atoms with E-state index in [1.54, 1.807) is 6.07 Å². The molecule has 6 rings (SSSR count). The highest BCUT2D eigenvalue weighted by Gasteiger charge is 2.40. The Morgan fingerprint density at radius 1 is 1.02 bits per heavy atom. The van der Waals surface area contributed by atoms with Crippen LogP contribution in [0.3, 0.4) is 0 Å². The van der Waals surface area contributed by atoms with Crippen LogP contribution in [0.4, 0.5) is 15.3 Å². The molecule has 0 bridgehead atoms. The number of ketones is 1. The van der Waals surface area contributed by atoms with Crippen LogP contribution in [-0.4, -0.2) is 95.0 Å². The number of amides is 4. The van der Waals surface area contributed by atoms with Crippen LogP contribution in [0.5, 0.6) is 0 Å². The number of aromatic amines is 1. The van der Waals surface area contributed by atoms with E-state index in [9.17, 15) is 19.2 Å². The van der Waals surface area contributed by atoms with Crippen molar-refractivity contribution in [1.82, 2.24) is 25.4 Å². The third kappa shape index (κ3) is 6.28. The van der Waals surface area contributed by atoms with Gasteiger partial charge in [-0.25, -0.2) is 19.6 Å². The van der Waals surface area contributed by atoms with Crippen LogP contribution in [0.1, 0.15) is 86.8 Å². The lowest BCUT2D eigenvalue weighted by Gasteiger charge is -2.37. The zero-order valence-electron chi connectivity index (χ0n) is 26.3. The molecule has 45 heavy (non-hydrogen) atoms. The Morgan fingerprint density at radius 2 is 1.71 bits per heavy atom. The standard InChI is InChI=1S/C32H43N7O6/c1-32(2,3)45-31(43)34-21-9-7-20(8-10-21)29(41)37-13-11-19(12-14-37)26-25-27(36-35-26)22-5-4-6-23(24(22)28(25)40)39(30(33)42)38-15-17-44-18-16-38/h4-6,19-21H,7-18H2,1-3H3,(H2,33,42)(H,34,43)(H,35,36). The van der Waals surface area contributed by atoms with Crippen molar-refractivity contribution in [2.75, 3.05) is 44.4 Å². The van der Waals surface area contributed by atoms with Gasteiger partial charge in [0.15, 0.2) is 5.78 Å². The van der Waals surface area contributed by atoms with Gasteiger partial charge in [0.25, 0.3) is 0 Å². The molecule has 0 atom stereocenters. The number of ether oxygens (including phenoxy) is 2. The number of nitrogens with two attached hydrogens (primary N) is 1. The summed E-state index contributed by atoms with van der Waals surface area (Å²) in [5.41, 5.74) is 8.76. The largest absolute Gasteiger partial charge is 0.444 e. The molecule has 4 N–H and O–H groups in total. The van der Waals surface area contributed by atoms with Crippen LogP contribution in [-0.2, 0) is 14.3 Å². The maximum absolute atomic E-state index is 14.0. The number of aromatic nitrogens is 2. The zero-order chi connectivity index (χ0) is 31.9. The van der Waals surface area contributed by atoms with E-state index in [0.29, 0.717) is 80.3 Å². The van der Waals surface area contributed by atoms with Gasteiger partial charge < -0.3 is 25.4 Å². The lowest BCUT2D eigenvalue weighted by Crippen LogP contribution is -2.54. The second-order valence-corrected chi connectivity index (χ2v) is 13.4. The third-order valence-corrected chi connectivity index (χ3v) is 9.27. The number of alkyl carbamates (subject to hydrolysis) is 1. The molecule has 2 aliphatic carbocycles. The number of H-pyrrole nitrogens is 1. The first-order valence-electron chi connectivity index (χ1n) is 16.0. The number of morpholine rings is 1. The Labute approximate surface area is 262 Å². The van der Waals surface area contributed by atoms with E-state index in [0.717, 1.165) is 31.4 Å². The molecule has 3 heterocycles. The average Bonchev–Trinajstić information content (AvgIpc) is 3.57. The van der Waals surface area contributed by atoms with Crippen LogP contribution in [0.25, 0.3) is 11.3 Å². The number of hydrogen-bond acceptors (Lipinski definition) is 8. The number of likely N-dealkylation sites (tertiary alicyclic amines) is 1. The molecule has 4 aliphatic rings. The van der Waals surface area contributed by atoms with Crippen LogP contribution >= 0.6 is 0 Å². The molecule has 13 nitrogen and oxygen atoms in total. The van der Waals surface area contributed by atoms with Crippen LogP contribution in [0.2, 0.25) is 0 Å². The SMILES string of the molecule is CC(C)(C)OC(=O)NC1CCC(C(=O)N2CCC(c3[nH]nc4c3C(=O)c3c-4cccc3N(C(N)=O)N3CCOCC3)CC2)CC1. The van der Waals surface area contributed by atoms with E-state index < -0.39 is 17.7 Å². The van der Waals surface area contributed by atoms with E-state index in [1.165, 1.54) is 5.01 Å². The third-order valence-electron chi connectivity index (χ3n) is 9.27. The summed E-state index contributed by atoms with van der Waals surface area (Å²) in [6, 6.07) is 4.77. The average molecular weight is 622 g/mol. The number of carbonyl (C=O) groups excluding carboxylic acids is 4. The molecule has 1 aromatic carbocycles. The molecule has 2 saturated heterocycles. The molecule has 1 saturated carbocycles. The fraction of sp³-hybridized carbons (Fsp3) is 0.594. The van der Waals surface area contributed by atoms with Gasteiger partial charge in [-0.3, -0.25) is 14.7 Å². The maximum atomic E-state index is 14.0. The highest BCUT2D eigenvalue weighted by molar-refractivity contribution is 6.25. The lowest BCUT2D eigenvalue weighted by atomic mass is 9.84. The van der Waals surface area contributed by atoms with Gasteiger partial charge >= 0.3 is 12.1 Å². The van der Waals surface area contributed by atoms with Crippen molar-refractivity contribution in [3.05, 3.63) is 35.0 Å². The summed E-state index contributed by atoms with van der Waals surface area (Å²) in [5, 5.41) is 13.9. The predicted molar refractivity (Wildman–Crippen MR) is 166 cm³/mol. The van der Waals surface area contributed by atoms with Crippen LogP contribution in [0.15, 0.2) is 18.2 Å². The molecule has 4 amide bonds. The first-order chi connectivity index (χ1) is 21.5. The molecule has 0 unspecified atom stereocenters. The monoisotopic (exact) mass is 621 g/mol. The van der Waals surface area contributed by atoms with Crippen molar-refractivity contribution in [3.8, 4) is 11.3 Å². The molecular formula is C32H43N7O6. The molecule has 1 aromatic heterocycles. The minimum Gasteiger partial charge on any atom is -0.444 e. The zero-order valence-corrected chi connectivity index (χ0v) is 26.3. The number of primary amides is 1. The molecule has 0 spiro atoms. The van der Waals surface area contributed by atoms with Crippen LogP contribution < -0.4 is 16.1 Å². The van der Waals surface area contributed by atoms with E-state index in [4.69, 9.17) is 15.2 Å². The van der Waals surface area contributed by atoms with Gasteiger partial charge in [0.1, 0.15) is 11.3 Å². The summed E-state index contributed by atoms with van der Waals surface area (Å²) in [6.45, 7) is 8.62. The number of hydrazine groups is 1. The minimum absolute atomic E-state index is 0.0169. The maximum Gasteiger partial charge on any atom is 0.407 e. The van der Waals surface area contributed by atoms with E-state index in [1.807, 2.05) is 42.8 Å². The summed E-state index contributed by atoms with van der Waals surface area (Å²) < 4.78 is 10.8. The second-order valence-electron chi connectivity index (χ2n) is 13.4. The molecule has 13 heteroatoms. The Balaban J connectivity index is 1.09. The van der Waals surface area contributed by atoms with Gasteiger partial charge in [0.2, 0.25) is 5.91 Å². The summed E-state index contributed by atoms with van der Waals surface area (Å²) in [5.74, 6) is -0.00743. The van der Waals surface area contributed by atoms with E-state index in [2.05, 4.69) is 15.5 Å². The topological polar surface area (TPSA) is 163 Å². The first-order valence-corrected chi connectivity index (χ1v) is 16.0. The quantitative estimate of drug-likeness (QED) is 0.390. The number of fused-ring (bicyclic) bond motifs is 3. The van der Waals surface area contributed by atoms with Crippen molar-refractivity contribution >= 4 is 29.5 Å². The van der Waals surface area contributed by atoms with E-state index >= 15 is 0 Å². The van der Waals surface area contributed by atoms with Gasteiger partial charge in [0.05, 0.1) is 35.7 Å². The second kappa shape index (κ2) is 12.4. The smallest absolute Gasteiger partial charge is 0.407 e. The van der Waals surface area contributed by atoms with Gasteiger partial charge in [-0.1, -0.05) is 12.1 Å². The van der Waals surface area contributed by atoms with Gasteiger partial charge in [-0.15, -0.1) is 0 Å². The number of anilines is 1. The Kier molecular flexibility index (Phi) is 8.57. The highest BCUT2D eigenvalue weighted by Crippen LogP contribution is 2.44. The number of rotatable bonds is 5. The highest BCUT2D eigenvalue weighted by atomic mass is 16.6. The number of urea groups is 1. The first kappa shape index (κ1) is 31.0. The summed E-state index contributed by atoms with van der Waals surface area (Å²) in [7, 11) is 0. The number of nitrogens with zero attached hydrogens (tertiary/aromatic N) is 4. The van der Waals surface area contributed by atoms with Gasteiger partial charge in [-0.2, -0.15) is 5.10 Å². The number of nitrogens with one attached hydrogen (secondary N) is 2. The number of benzene rings is 1. The van der Waals surface area contributed by atoms with Crippen molar-refractivity contribution in [2.24, 2.45) is 11.7 Å². The fourth-order valence-electron chi connectivity index (χ4n) is 7.12. The van der Waals surface area contributed by atoms with Crippen LogP contribution in [0, 0.1) is 5.92 Å². The Bertz CT molecular complexity index is 1460. The molecule has 2 aromatic rings. The van der Waals surface area contributed by atoms with Crippen molar-refractivity contribution < 1.29 is 28.7 Å². The van der Waals surface area contributed by atoms with E-state index in [-0.39, 0.29) is 29.6 Å². The normalized spacial score (nSPS) is 22.5. The molecular weight excluding hydrogens is 578 g/mol. The van der Waals surface area contributed by atoms with Crippen molar-refractivity contribution in [2.45, 2.75) is 76.9 Å². The van der Waals surface area contributed by atoms with Crippen molar-refractivity contribution in [1.29, 1.82) is 0 Å². The molecule has 242 valence electrons. The number of carbonyl (C=O) groups is 4. The lowest BCUT2D eigenvalue weighted by molar-refractivity contribution is -0.137.